The average molecular weight is 817 g/mol. The van der Waals surface area contributed by atoms with E-state index >= 15 is 0 Å². The molecule has 2 aliphatic carbocycles. The van der Waals surface area contributed by atoms with Gasteiger partial charge in [0.15, 0.2) is 0 Å². The minimum absolute atomic E-state index is 0.837. The van der Waals surface area contributed by atoms with Crippen molar-refractivity contribution in [1.82, 2.24) is 0 Å². The zero-order chi connectivity index (χ0) is 43.0. The summed E-state index contributed by atoms with van der Waals surface area (Å²) < 4.78 is 0. The lowest BCUT2D eigenvalue weighted by Gasteiger charge is -2.31. The number of hydrogen-bond acceptors (Lipinski definition) is 4. The van der Waals surface area contributed by atoms with Crippen LogP contribution in [0.5, 0.6) is 0 Å². The van der Waals surface area contributed by atoms with Gasteiger partial charge in [-0.2, -0.15) is 0 Å². The van der Waals surface area contributed by atoms with Crippen LogP contribution < -0.4 is 19.6 Å². The number of allylic oxidation sites excluding steroid dienone is 10. The quantitative estimate of drug-likeness (QED) is 0.122. The molecule has 9 rings (SSSR count). The maximum atomic E-state index is 2.40. The average Bonchev–Trinajstić information content (AvgIpc) is 3.72. The molecule has 0 unspecified atom stereocenters. The number of rotatable bonds is 12. The van der Waals surface area contributed by atoms with E-state index < -0.39 is 0 Å². The third kappa shape index (κ3) is 9.27. The zero-order valence-electron chi connectivity index (χ0n) is 36.2. The molecule has 0 saturated heterocycles. The van der Waals surface area contributed by atoms with E-state index in [1.54, 1.807) is 0 Å². The second-order valence-corrected chi connectivity index (χ2v) is 16.1. The number of para-hydroxylation sites is 2. The van der Waals surface area contributed by atoms with Crippen molar-refractivity contribution in [2.45, 2.75) is 33.6 Å². The van der Waals surface area contributed by atoms with Gasteiger partial charge in [0.1, 0.15) is 0 Å². The van der Waals surface area contributed by atoms with Gasteiger partial charge in [0.2, 0.25) is 0 Å². The molecule has 7 aromatic rings. The van der Waals surface area contributed by atoms with Crippen molar-refractivity contribution in [3.05, 3.63) is 265 Å². The van der Waals surface area contributed by atoms with Gasteiger partial charge in [-0.1, -0.05) is 103 Å². The fourth-order valence-electron chi connectivity index (χ4n) is 8.43. The second-order valence-electron chi connectivity index (χ2n) is 16.1. The molecule has 7 aromatic carbocycles. The topological polar surface area (TPSA) is 13.0 Å². The first-order chi connectivity index (χ1) is 31.0. The Balaban J connectivity index is 1.14. The van der Waals surface area contributed by atoms with Crippen molar-refractivity contribution in [2.75, 3.05) is 19.6 Å². The Labute approximate surface area is 373 Å². The molecule has 308 valence electrons. The van der Waals surface area contributed by atoms with Crippen LogP contribution in [0.2, 0.25) is 0 Å². The zero-order valence-corrected chi connectivity index (χ0v) is 36.2. The van der Waals surface area contributed by atoms with Crippen molar-refractivity contribution in [2.24, 2.45) is 0 Å². The van der Waals surface area contributed by atoms with Crippen LogP contribution in [0, 0.1) is 13.8 Å². The highest BCUT2D eigenvalue weighted by Gasteiger charge is 2.21. The van der Waals surface area contributed by atoms with Crippen molar-refractivity contribution < 1.29 is 0 Å². The molecule has 0 amide bonds. The van der Waals surface area contributed by atoms with Crippen LogP contribution in [0.25, 0.3) is 0 Å². The third-order valence-electron chi connectivity index (χ3n) is 11.4. The molecule has 0 atom stereocenters. The number of hydrogen-bond donors (Lipinski definition) is 0. The summed E-state index contributed by atoms with van der Waals surface area (Å²) in [6.07, 6.45) is 21.6. The van der Waals surface area contributed by atoms with Gasteiger partial charge >= 0.3 is 0 Å². The van der Waals surface area contributed by atoms with Crippen LogP contribution in [0.1, 0.15) is 30.9 Å². The maximum absolute atomic E-state index is 2.40. The SMILES string of the molecule is CC1=CC=CCC(N(C2=CCC=CC=C2)c2ccc(N(c3ccc(N(c4ccccc4)c4cccc(C)c4)cc3)c3ccc(N(c4ccccc4)c4cccc(C)c4)cc3)cc2)=C1. The normalized spacial score (nSPS) is 13.3. The molecule has 0 aliphatic heterocycles. The summed E-state index contributed by atoms with van der Waals surface area (Å²) in [6, 6.07) is 65.5. The van der Waals surface area contributed by atoms with E-state index in [4.69, 9.17) is 0 Å². The first kappa shape index (κ1) is 40.6. The smallest absolute Gasteiger partial charge is 0.0464 e. The summed E-state index contributed by atoms with van der Waals surface area (Å²) in [5, 5.41) is 0. The Morgan fingerprint density at radius 3 is 1.24 bits per heavy atom. The summed E-state index contributed by atoms with van der Waals surface area (Å²) >= 11 is 0. The molecule has 4 heteroatoms. The highest BCUT2D eigenvalue weighted by Crippen LogP contribution is 2.42. The predicted molar refractivity (Wildman–Crippen MR) is 269 cm³/mol. The van der Waals surface area contributed by atoms with Gasteiger partial charge < -0.3 is 19.6 Å². The Kier molecular flexibility index (Phi) is 12.1. The van der Waals surface area contributed by atoms with Crippen molar-refractivity contribution in [3.8, 4) is 0 Å². The van der Waals surface area contributed by atoms with Crippen molar-refractivity contribution in [3.63, 3.8) is 0 Å². The van der Waals surface area contributed by atoms with E-state index in [0.717, 1.165) is 69.7 Å². The van der Waals surface area contributed by atoms with Gasteiger partial charge in [0, 0.05) is 74.7 Å². The van der Waals surface area contributed by atoms with Gasteiger partial charge in [-0.25, -0.2) is 0 Å². The number of anilines is 10. The minimum Gasteiger partial charge on any atom is -0.314 e. The standard InChI is InChI=1S/C59H52N4/c1-45-18-14-15-27-57(42-45)61(48-21-8-4-5-9-22-48)54-36-30-51(31-37-54)60(52-32-38-55(39-33-52)62(49-23-10-6-11-24-49)58-28-16-19-46(2)43-58)53-34-40-56(41-35-53)63(50-25-12-7-13-26-50)59-29-17-20-47(3)44-59/h4-8,10-26,28-44H,9,27H2,1-3H3. The molecular formula is C59H52N4. The molecule has 4 nitrogen and oxygen atoms in total. The molecule has 0 bridgehead atoms. The highest BCUT2D eigenvalue weighted by molar-refractivity contribution is 5.84. The van der Waals surface area contributed by atoms with Crippen molar-refractivity contribution >= 4 is 56.9 Å². The van der Waals surface area contributed by atoms with Gasteiger partial charge in [-0.15, -0.1) is 0 Å². The van der Waals surface area contributed by atoms with Gasteiger partial charge in [0.25, 0.3) is 0 Å². The fraction of sp³-hybridized carbons (Fsp3) is 0.0847. The molecule has 0 aromatic heterocycles. The minimum atomic E-state index is 0.837. The molecular weight excluding hydrogens is 765 g/mol. The third-order valence-corrected chi connectivity index (χ3v) is 11.4. The van der Waals surface area contributed by atoms with Crippen LogP contribution in [-0.4, -0.2) is 0 Å². The summed E-state index contributed by atoms with van der Waals surface area (Å²) in [4.78, 5) is 9.41. The number of nitrogens with zero attached hydrogens (tertiary/aromatic N) is 4. The fourth-order valence-corrected chi connectivity index (χ4v) is 8.43. The van der Waals surface area contributed by atoms with E-state index in [1.807, 2.05) is 0 Å². The van der Waals surface area contributed by atoms with Gasteiger partial charge in [0.05, 0.1) is 0 Å². The summed E-state index contributed by atoms with van der Waals surface area (Å²) in [5.41, 5.74) is 17.0. The summed E-state index contributed by atoms with van der Waals surface area (Å²) in [5.74, 6) is 0. The highest BCUT2D eigenvalue weighted by atomic mass is 15.2. The maximum Gasteiger partial charge on any atom is 0.0464 e. The lowest BCUT2D eigenvalue weighted by Crippen LogP contribution is -2.21. The summed E-state index contributed by atoms with van der Waals surface area (Å²) in [7, 11) is 0. The van der Waals surface area contributed by atoms with Crippen LogP contribution in [0.4, 0.5) is 56.9 Å². The van der Waals surface area contributed by atoms with E-state index in [0.29, 0.717) is 0 Å². The van der Waals surface area contributed by atoms with Crippen LogP contribution in [0.3, 0.4) is 0 Å². The van der Waals surface area contributed by atoms with E-state index in [1.165, 1.54) is 28.1 Å². The Hall–Kier alpha value is -7.82. The molecule has 0 spiro atoms. The Bertz CT molecular complexity index is 2710. The molecule has 63 heavy (non-hydrogen) atoms. The molecule has 0 fully saturated rings. The molecule has 2 aliphatic rings. The second kappa shape index (κ2) is 18.8. The van der Waals surface area contributed by atoms with Crippen molar-refractivity contribution in [1.29, 1.82) is 0 Å². The van der Waals surface area contributed by atoms with E-state index in [2.05, 4.69) is 277 Å². The predicted octanol–water partition coefficient (Wildman–Crippen LogP) is 16.7. The number of benzene rings is 7. The molecule has 0 heterocycles. The Morgan fingerprint density at radius 1 is 0.365 bits per heavy atom. The van der Waals surface area contributed by atoms with Gasteiger partial charge in [-0.05, 0) is 177 Å². The Morgan fingerprint density at radius 2 is 0.778 bits per heavy atom. The summed E-state index contributed by atoms with van der Waals surface area (Å²) in [6.45, 7) is 6.46. The molecule has 0 radical (unpaired) electrons. The van der Waals surface area contributed by atoms with E-state index in [-0.39, 0.29) is 0 Å². The molecule has 0 saturated carbocycles. The van der Waals surface area contributed by atoms with Gasteiger partial charge in [-0.3, -0.25) is 0 Å². The largest absolute Gasteiger partial charge is 0.314 e. The van der Waals surface area contributed by atoms with Crippen LogP contribution in [0.15, 0.2) is 254 Å². The number of aryl methyl sites for hydroxylation is 2. The first-order valence-electron chi connectivity index (χ1n) is 21.8. The van der Waals surface area contributed by atoms with E-state index in [9.17, 15) is 0 Å². The van der Waals surface area contributed by atoms with Crippen LogP contribution >= 0.6 is 0 Å². The molecule has 0 N–H and O–H groups in total. The lowest BCUT2D eigenvalue weighted by atomic mass is 10.1. The first-order valence-corrected chi connectivity index (χ1v) is 21.8. The monoisotopic (exact) mass is 816 g/mol. The lowest BCUT2D eigenvalue weighted by molar-refractivity contribution is 1.03. The van der Waals surface area contributed by atoms with Crippen LogP contribution in [-0.2, 0) is 0 Å².